The molecule has 1 aliphatic rings. The molecule has 2 aromatic carbocycles. The maximum Gasteiger partial charge on any atom is 0.250 e. The summed E-state index contributed by atoms with van der Waals surface area (Å²) in [6.07, 6.45) is -0.00372. The van der Waals surface area contributed by atoms with Crippen LogP contribution in [-0.4, -0.2) is 54.4 Å². The fourth-order valence-electron chi connectivity index (χ4n) is 4.37. The molecule has 3 rings (SSSR count). The first kappa shape index (κ1) is 27.0. The summed E-state index contributed by atoms with van der Waals surface area (Å²) in [7, 11) is 0. The summed E-state index contributed by atoms with van der Waals surface area (Å²) < 4.78 is 19.6. The predicted molar refractivity (Wildman–Crippen MR) is 137 cm³/mol. The molecule has 0 aliphatic carbocycles. The third-order valence-corrected chi connectivity index (χ3v) is 6.41. The number of hydrogen-bond donors (Lipinski definition) is 1. The summed E-state index contributed by atoms with van der Waals surface area (Å²) in [5.41, 5.74) is 1.85. The van der Waals surface area contributed by atoms with Crippen molar-refractivity contribution < 1.29 is 18.7 Å². The van der Waals surface area contributed by atoms with Crippen molar-refractivity contribution in [2.24, 2.45) is 5.92 Å². The number of ether oxygens (including phenoxy) is 1. The summed E-state index contributed by atoms with van der Waals surface area (Å²) >= 11 is 6.05. The molecule has 1 aliphatic heterocycles. The van der Waals surface area contributed by atoms with E-state index < -0.39 is 17.8 Å². The van der Waals surface area contributed by atoms with E-state index in [1.54, 1.807) is 29.2 Å². The van der Waals surface area contributed by atoms with Crippen LogP contribution in [0.3, 0.4) is 0 Å². The fourth-order valence-corrected chi connectivity index (χ4v) is 4.50. The van der Waals surface area contributed by atoms with Gasteiger partial charge in [0.15, 0.2) is 0 Å². The highest BCUT2D eigenvalue weighted by molar-refractivity contribution is 6.30. The Morgan fingerprint density at radius 3 is 2.43 bits per heavy atom. The number of rotatable bonds is 8. The molecule has 2 atom stereocenters. The molecule has 0 spiro atoms. The highest BCUT2D eigenvalue weighted by Gasteiger charge is 2.37. The van der Waals surface area contributed by atoms with Gasteiger partial charge in [-0.2, -0.15) is 0 Å². The molecular formula is C27H35ClFN3O3. The van der Waals surface area contributed by atoms with Crippen molar-refractivity contribution in [1.29, 1.82) is 0 Å². The summed E-state index contributed by atoms with van der Waals surface area (Å²) in [6, 6.07) is 10.3. The number of benzene rings is 2. The second-order valence-corrected chi connectivity index (χ2v) is 9.82. The number of carbonyl (C=O) groups is 2. The normalized spacial score (nSPS) is 16.9. The molecular weight excluding hydrogens is 469 g/mol. The minimum Gasteiger partial charge on any atom is -0.491 e. The first-order chi connectivity index (χ1) is 16.6. The Balaban J connectivity index is 2.09. The van der Waals surface area contributed by atoms with Gasteiger partial charge < -0.3 is 15.0 Å². The smallest absolute Gasteiger partial charge is 0.250 e. The average Bonchev–Trinajstić information content (AvgIpc) is 2.83. The van der Waals surface area contributed by atoms with Gasteiger partial charge in [-0.15, -0.1) is 11.6 Å². The van der Waals surface area contributed by atoms with Crippen LogP contribution >= 0.6 is 11.6 Å². The van der Waals surface area contributed by atoms with E-state index in [1.807, 2.05) is 26.8 Å². The van der Waals surface area contributed by atoms with E-state index in [9.17, 15) is 14.0 Å². The zero-order valence-electron chi connectivity index (χ0n) is 21.1. The Bertz CT molecular complexity index is 1030. The number of hydrogen-bond acceptors (Lipinski definition) is 4. The van der Waals surface area contributed by atoms with Crippen molar-refractivity contribution >= 4 is 29.1 Å². The van der Waals surface area contributed by atoms with Gasteiger partial charge in [-0.3, -0.25) is 14.5 Å². The van der Waals surface area contributed by atoms with Crippen LogP contribution in [0.5, 0.6) is 5.75 Å². The lowest BCUT2D eigenvalue weighted by atomic mass is 9.98. The first-order valence-corrected chi connectivity index (χ1v) is 12.6. The molecule has 2 aromatic rings. The lowest BCUT2D eigenvalue weighted by Crippen LogP contribution is -2.57. The summed E-state index contributed by atoms with van der Waals surface area (Å²) in [5, 5.41) is 3.46. The number of piperazine rings is 1. The van der Waals surface area contributed by atoms with E-state index in [-0.39, 0.29) is 23.9 Å². The molecule has 2 amide bonds. The van der Waals surface area contributed by atoms with Gasteiger partial charge in [-0.1, -0.05) is 26.0 Å². The van der Waals surface area contributed by atoms with Crippen LogP contribution in [0.15, 0.2) is 42.5 Å². The van der Waals surface area contributed by atoms with E-state index in [4.69, 9.17) is 16.3 Å². The van der Waals surface area contributed by atoms with Crippen LogP contribution in [0, 0.1) is 18.7 Å². The van der Waals surface area contributed by atoms with Gasteiger partial charge in [0.25, 0.3) is 5.91 Å². The van der Waals surface area contributed by atoms with E-state index in [0.717, 1.165) is 5.56 Å². The molecule has 0 unspecified atom stereocenters. The maximum atomic E-state index is 14.1. The largest absolute Gasteiger partial charge is 0.491 e. The van der Waals surface area contributed by atoms with Crippen LogP contribution in [0.2, 0.25) is 0 Å². The monoisotopic (exact) mass is 503 g/mol. The fraction of sp³-hybridized carbons (Fsp3) is 0.481. The summed E-state index contributed by atoms with van der Waals surface area (Å²) in [6.45, 7) is 11.7. The second kappa shape index (κ2) is 11.9. The number of amides is 2. The van der Waals surface area contributed by atoms with E-state index in [0.29, 0.717) is 42.6 Å². The Kier molecular flexibility index (Phi) is 9.14. The third kappa shape index (κ3) is 6.53. The lowest BCUT2D eigenvalue weighted by molar-refractivity contribution is -0.135. The average molecular weight is 504 g/mol. The Labute approximate surface area is 212 Å². The molecule has 0 aromatic heterocycles. The van der Waals surface area contributed by atoms with Gasteiger partial charge in [0.05, 0.1) is 6.10 Å². The van der Waals surface area contributed by atoms with Crippen molar-refractivity contribution in [2.75, 3.05) is 30.4 Å². The minimum absolute atomic E-state index is 0.00372. The quantitative estimate of drug-likeness (QED) is 0.531. The predicted octanol–water partition coefficient (Wildman–Crippen LogP) is 4.69. The van der Waals surface area contributed by atoms with Crippen LogP contribution in [0.25, 0.3) is 0 Å². The van der Waals surface area contributed by atoms with Gasteiger partial charge >= 0.3 is 0 Å². The highest BCUT2D eigenvalue weighted by Crippen LogP contribution is 2.34. The third-order valence-electron chi connectivity index (χ3n) is 6.18. The molecule has 190 valence electrons. The van der Waals surface area contributed by atoms with Crippen molar-refractivity contribution in [3.8, 4) is 5.75 Å². The van der Waals surface area contributed by atoms with E-state index in [1.165, 1.54) is 17.0 Å². The Hall–Kier alpha value is -2.64. The lowest BCUT2D eigenvalue weighted by Gasteiger charge is -2.40. The summed E-state index contributed by atoms with van der Waals surface area (Å²) in [5.74, 6) is -0.333. The Morgan fingerprint density at radius 2 is 1.86 bits per heavy atom. The molecule has 1 fully saturated rings. The van der Waals surface area contributed by atoms with E-state index in [2.05, 4.69) is 19.2 Å². The molecule has 1 saturated heterocycles. The number of anilines is 1. The van der Waals surface area contributed by atoms with Crippen molar-refractivity contribution in [1.82, 2.24) is 10.2 Å². The van der Waals surface area contributed by atoms with Crippen molar-refractivity contribution in [2.45, 2.75) is 52.8 Å². The number of aryl methyl sites for hydroxylation is 1. The van der Waals surface area contributed by atoms with Crippen LogP contribution in [0.1, 0.15) is 44.9 Å². The molecule has 35 heavy (non-hydrogen) atoms. The molecule has 6 nitrogen and oxygen atoms in total. The number of nitrogens with one attached hydrogen (secondary N) is 1. The first-order valence-electron chi connectivity index (χ1n) is 12.0. The highest BCUT2D eigenvalue weighted by atomic mass is 35.5. The van der Waals surface area contributed by atoms with Gasteiger partial charge in [0.1, 0.15) is 23.5 Å². The van der Waals surface area contributed by atoms with Gasteiger partial charge in [-0.05, 0) is 68.1 Å². The topological polar surface area (TPSA) is 61.9 Å². The van der Waals surface area contributed by atoms with Gasteiger partial charge in [0.2, 0.25) is 5.91 Å². The number of alkyl halides is 1. The minimum atomic E-state index is -0.983. The van der Waals surface area contributed by atoms with Crippen LogP contribution < -0.4 is 15.0 Å². The maximum absolute atomic E-state index is 14.1. The van der Waals surface area contributed by atoms with Crippen LogP contribution in [-0.2, 0) is 9.59 Å². The van der Waals surface area contributed by atoms with Gasteiger partial charge in [0, 0.05) is 31.4 Å². The number of halogens is 2. The Morgan fingerprint density at radius 1 is 1.17 bits per heavy atom. The zero-order chi connectivity index (χ0) is 25.7. The van der Waals surface area contributed by atoms with Crippen LogP contribution in [0.4, 0.5) is 10.1 Å². The van der Waals surface area contributed by atoms with Crippen molar-refractivity contribution in [3.63, 3.8) is 0 Å². The SMILES string of the molecule is Cc1cc(OC(C)C)ccc1N(C(=O)CCl)[C@H](C(=O)N1CCN[C@@H](C(C)C)C1)c1ccc(F)cc1. The number of nitrogens with zero attached hydrogens (tertiary/aromatic N) is 2. The molecule has 1 N–H and O–H groups in total. The van der Waals surface area contributed by atoms with Gasteiger partial charge in [-0.25, -0.2) is 4.39 Å². The van der Waals surface area contributed by atoms with E-state index >= 15 is 0 Å². The summed E-state index contributed by atoms with van der Waals surface area (Å²) in [4.78, 5) is 30.6. The molecule has 1 heterocycles. The number of carbonyl (C=O) groups excluding carboxylic acids is 2. The van der Waals surface area contributed by atoms with Crippen molar-refractivity contribution in [3.05, 3.63) is 59.4 Å². The molecule has 8 heteroatoms. The standard InChI is InChI=1S/C27H35ClFN3O3/c1-17(2)23-16-31(13-12-30-23)27(34)26(20-6-8-21(29)9-7-20)32(25(33)15-28)24-11-10-22(14-19(24)5)35-18(3)4/h6-11,14,17-18,23,26,30H,12-13,15-16H2,1-5H3/t23-,26+/m1/s1. The zero-order valence-corrected chi connectivity index (χ0v) is 21.8. The molecule has 0 radical (unpaired) electrons. The molecule has 0 bridgehead atoms. The molecule has 0 saturated carbocycles. The second-order valence-electron chi connectivity index (χ2n) is 9.56.